The summed E-state index contributed by atoms with van der Waals surface area (Å²) in [6.07, 6.45) is 2.59. The van der Waals surface area contributed by atoms with Gasteiger partial charge in [-0.15, -0.1) is 10.2 Å². The highest BCUT2D eigenvalue weighted by atomic mass is 32.2. The van der Waals surface area contributed by atoms with E-state index in [0.29, 0.717) is 18.9 Å². The third kappa shape index (κ3) is 5.35. The Labute approximate surface area is 147 Å². The predicted octanol–water partition coefficient (Wildman–Crippen LogP) is 2.37. The number of nitrogens with zero attached hydrogens (tertiary/aromatic N) is 4. The molecule has 0 unspecified atom stereocenters. The molecule has 0 N–H and O–H groups in total. The van der Waals surface area contributed by atoms with Crippen LogP contribution in [0, 0.1) is 6.92 Å². The van der Waals surface area contributed by atoms with Crippen LogP contribution < -0.4 is 0 Å². The number of hydrogen-bond acceptors (Lipinski definition) is 5. The number of rotatable bonds is 9. The van der Waals surface area contributed by atoms with Gasteiger partial charge in [0, 0.05) is 33.9 Å². The van der Waals surface area contributed by atoms with E-state index in [0.717, 1.165) is 18.1 Å². The van der Waals surface area contributed by atoms with Crippen LogP contribution in [-0.4, -0.2) is 52.1 Å². The van der Waals surface area contributed by atoms with Crippen LogP contribution in [0.1, 0.15) is 17.5 Å². The fourth-order valence-electron chi connectivity index (χ4n) is 2.26. The molecule has 2 aromatic rings. The molecule has 1 heterocycles. The molecule has 0 aliphatic rings. The summed E-state index contributed by atoms with van der Waals surface area (Å²) < 4.78 is 7.01. The number of ether oxygens (including phenoxy) is 1. The van der Waals surface area contributed by atoms with Crippen LogP contribution >= 0.6 is 11.8 Å². The normalized spacial score (nSPS) is 10.8. The number of carbonyl (C=O) groups excluding carboxylic acids is 1. The number of aromatic nitrogens is 3. The Balaban J connectivity index is 1.84. The fraction of sp³-hybridized carbons (Fsp3) is 0.471. The van der Waals surface area contributed by atoms with Crippen molar-refractivity contribution in [2.45, 2.75) is 31.6 Å². The third-order valence-electron chi connectivity index (χ3n) is 3.75. The first-order chi connectivity index (χ1) is 11.6. The first-order valence-electron chi connectivity index (χ1n) is 7.90. The Kier molecular flexibility index (Phi) is 7.27. The maximum absolute atomic E-state index is 12.4. The summed E-state index contributed by atoms with van der Waals surface area (Å²) >= 11 is 1.42. The minimum absolute atomic E-state index is 0.0784. The number of aryl methyl sites for hydroxylation is 2. The van der Waals surface area contributed by atoms with Crippen LogP contribution in [0.4, 0.5) is 0 Å². The van der Waals surface area contributed by atoms with Gasteiger partial charge in [0.1, 0.15) is 6.33 Å². The molecule has 24 heavy (non-hydrogen) atoms. The lowest BCUT2D eigenvalue weighted by Crippen LogP contribution is -2.28. The minimum Gasteiger partial charge on any atom is -0.385 e. The van der Waals surface area contributed by atoms with E-state index < -0.39 is 0 Å². The SMILES string of the molecule is COCCCn1cnnc1SCC(=O)N(C)Cc1ccccc1C. The minimum atomic E-state index is 0.0784. The lowest BCUT2D eigenvalue weighted by atomic mass is 10.1. The molecule has 1 amide bonds. The Hall–Kier alpha value is -1.86. The summed E-state index contributed by atoms with van der Waals surface area (Å²) in [6.45, 7) is 4.16. The second-order valence-corrected chi connectivity index (χ2v) is 6.56. The molecule has 0 aliphatic carbocycles. The highest BCUT2D eigenvalue weighted by Gasteiger charge is 2.13. The summed E-state index contributed by atoms with van der Waals surface area (Å²) in [4.78, 5) is 14.1. The molecule has 7 heteroatoms. The molecule has 0 fully saturated rings. The van der Waals surface area contributed by atoms with Gasteiger partial charge < -0.3 is 14.2 Å². The van der Waals surface area contributed by atoms with E-state index in [2.05, 4.69) is 29.3 Å². The van der Waals surface area contributed by atoms with Crippen molar-refractivity contribution in [2.75, 3.05) is 26.5 Å². The van der Waals surface area contributed by atoms with Crippen LogP contribution in [0.5, 0.6) is 0 Å². The van der Waals surface area contributed by atoms with Crippen LogP contribution in [0.2, 0.25) is 0 Å². The average Bonchev–Trinajstić information content (AvgIpc) is 3.02. The molecule has 6 nitrogen and oxygen atoms in total. The number of methoxy groups -OCH3 is 1. The molecule has 0 aliphatic heterocycles. The molecule has 0 bridgehead atoms. The Morgan fingerprint density at radius 2 is 2.17 bits per heavy atom. The topological polar surface area (TPSA) is 60.2 Å². The van der Waals surface area contributed by atoms with Gasteiger partial charge in [0.25, 0.3) is 0 Å². The standard InChI is InChI=1S/C17H24N4O2S/c1-14-7-4-5-8-15(14)11-20(2)16(22)12-24-17-19-18-13-21(17)9-6-10-23-3/h4-5,7-8,13H,6,9-12H2,1-3H3. The van der Waals surface area contributed by atoms with Crippen LogP contribution in [0.3, 0.4) is 0 Å². The Morgan fingerprint density at radius 3 is 2.92 bits per heavy atom. The van der Waals surface area contributed by atoms with Crippen molar-refractivity contribution in [2.24, 2.45) is 0 Å². The van der Waals surface area contributed by atoms with E-state index in [1.165, 1.54) is 22.9 Å². The largest absolute Gasteiger partial charge is 0.385 e. The highest BCUT2D eigenvalue weighted by Crippen LogP contribution is 2.17. The number of benzene rings is 1. The zero-order valence-electron chi connectivity index (χ0n) is 14.4. The molecule has 2 rings (SSSR count). The number of thioether (sulfide) groups is 1. The van der Waals surface area contributed by atoms with Gasteiger partial charge in [-0.25, -0.2) is 0 Å². The Morgan fingerprint density at radius 1 is 1.38 bits per heavy atom. The van der Waals surface area contributed by atoms with Crippen LogP contribution in [0.25, 0.3) is 0 Å². The van der Waals surface area contributed by atoms with E-state index in [4.69, 9.17) is 4.74 Å². The van der Waals surface area contributed by atoms with E-state index in [9.17, 15) is 4.79 Å². The van der Waals surface area contributed by atoms with Crippen molar-refractivity contribution in [3.8, 4) is 0 Å². The summed E-state index contributed by atoms with van der Waals surface area (Å²) in [7, 11) is 3.52. The maximum atomic E-state index is 12.4. The zero-order chi connectivity index (χ0) is 17.4. The number of amides is 1. The zero-order valence-corrected chi connectivity index (χ0v) is 15.3. The van der Waals surface area contributed by atoms with Gasteiger partial charge in [0.2, 0.25) is 5.91 Å². The molecule has 1 aromatic heterocycles. The van der Waals surface area contributed by atoms with Crippen molar-refractivity contribution in [3.05, 3.63) is 41.7 Å². The lowest BCUT2D eigenvalue weighted by molar-refractivity contribution is -0.127. The van der Waals surface area contributed by atoms with E-state index >= 15 is 0 Å². The van der Waals surface area contributed by atoms with Crippen molar-refractivity contribution < 1.29 is 9.53 Å². The fourth-order valence-corrected chi connectivity index (χ4v) is 3.14. The lowest BCUT2D eigenvalue weighted by Gasteiger charge is -2.18. The van der Waals surface area contributed by atoms with Crippen LogP contribution in [0.15, 0.2) is 35.7 Å². The summed E-state index contributed by atoms with van der Waals surface area (Å²) in [5.41, 5.74) is 2.36. The monoisotopic (exact) mass is 348 g/mol. The average molecular weight is 348 g/mol. The molecule has 0 radical (unpaired) electrons. The quantitative estimate of drug-likeness (QED) is 0.514. The summed E-state index contributed by atoms with van der Waals surface area (Å²) in [6, 6.07) is 8.12. The van der Waals surface area contributed by atoms with Gasteiger partial charge in [-0.1, -0.05) is 36.0 Å². The highest BCUT2D eigenvalue weighted by molar-refractivity contribution is 7.99. The van der Waals surface area contributed by atoms with Gasteiger partial charge in [0.15, 0.2) is 5.16 Å². The predicted molar refractivity (Wildman–Crippen MR) is 94.9 cm³/mol. The smallest absolute Gasteiger partial charge is 0.233 e. The second kappa shape index (κ2) is 9.44. The van der Waals surface area contributed by atoms with Crippen molar-refractivity contribution in [1.82, 2.24) is 19.7 Å². The van der Waals surface area contributed by atoms with Gasteiger partial charge in [0.05, 0.1) is 5.75 Å². The van der Waals surface area contributed by atoms with Gasteiger partial charge in [-0.3, -0.25) is 4.79 Å². The van der Waals surface area contributed by atoms with Crippen LogP contribution in [-0.2, 0) is 22.6 Å². The van der Waals surface area contributed by atoms with Gasteiger partial charge >= 0.3 is 0 Å². The summed E-state index contributed by atoms with van der Waals surface area (Å²) in [5.74, 6) is 0.431. The third-order valence-corrected chi connectivity index (χ3v) is 4.71. The van der Waals surface area contributed by atoms with Crippen molar-refractivity contribution in [3.63, 3.8) is 0 Å². The first kappa shape index (κ1) is 18.5. The maximum Gasteiger partial charge on any atom is 0.233 e. The first-order valence-corrected chi connectivity index (χ1v) is 8.88. The molecule has 1 aromatic carbocycles. The van der Waals surface area contributed by atoms with E-state index in [1.807, 2.05) is 23.7 Å². The molecular formula is C17H24N4O2S. The van der Waals surface area contributed by atoms with Crippen molar-refractivity contribution in [1.29, 1.82) is 0 Å². The molecule has 0 saturated carbocycles. The molecule has 0 saturated heterocycles. The second-order valence-electron chi connectivity index (χ2n) is 5.62. The van der Waals surface area contributed by atoms with Gasteiger partial charge in [-0.2, -0.15) is 0 Å². The van der Waals surface area contributed by atoms with Crippen molar-refractivity contribution >= 4 is 17.7 Å². The number of hydrogen-bond donors (Lipinski definition) is 0. The molecular weight excluding hydrogens is 324 g/mol. The molecule has 130 valence electrons. The summed E-state index contributed by atoms with van der Waals surface area (Å²) in [5, 5.41) is 8.79. The molecule has 0 spiro atoms. The molecule has 0 atom stereocenters. The van der Waals surface area contributed by atoms with E-state index in [-0.39, 0.29) is 5.91 Å². The van der Waals surface area contributed by atoms with Gasteiger partial charge in [-0.05, 0) is 24.5 Å². The number of carbonyl (C=O) groups is 1. The Bertz CT molecular complexity index is 660. The van der Waals surface area contributed by atoms with E-state index in [1.54, 1.807) is 18.3 Å².